The van der Waals surface area contributed by atoms with Gasteiger partial charge in [-0.3, -0.25) is 0 Å². The highest BCUT2D eigenvalue weighted by atomic mass is 16.3. The molecule has 0 saturated heterocycles. The third kappa shape index (κ3) is 3.32. The first-order chi connectivity index (χ1) is 13.3. The Morgan fingerprint density at radius 1 is 1.07 bits per heavy atom. The number of rotatable bonds is 5. The molecule has 4 aliphatic carbocycles. The van der Waals surface area contributed by atoms with Crippen molar-refractivity contribution in [3.05, 3.63) is 12.2 Å². The van der Waals surface area contributed by atoms with Crippen molar-refractivity contribution < 1.29 is 5.11 Å². The Labute approximate surface area is 174 Å². The van der Waals surface area contributed by atoms with Crippen LogP contribution in [0.4, 0.5) is 0 Å². The summed E-state index contributed by atoms with van der Waals surface area (Å²) < 4.78 is 0. The highest BCUT2D eigenvalue weighted by Crippen LogP contribution is 2.68. The second-order valence-electron chi connectivity index (χ2n) is 12.1. The van der Waals surface area contributed by atoms with Crippen LogP contribution < -0.4 is 0 Å². The van der Waals surface area contributed by atoms with Crippen LogP contribution in [0.25, 0.3) is 0 Å². The van der Waals surface area contributed by atoms with Crippen molar-refractivity contribution in [1.82, 2.24) is 0 Å². The van der Waals surface area contributed by atoms with Gasteiger partial charge in [0.2, 0.25) is 0 Å². The topological polar surface area (TPSA) is 20.2 Å². The Bertz CT molecular complexity index is 581. The molecule has 4 fully saturated rings. The van der Waals surface area contributed by atoms with E-state index in [0.717, 1.165) is 36.0 Å². The molecule has 1 nitrogen and oxygen atoms in total. The smallest absolute Gasteiger partial charge is 0.0579 e. The van der Waals surface area contributed by atoms with Crippen molar-refractivity contribution in [2.75, 3.05) is 0 Å². The van der Waals surface area contributed by atoms with Gasteiger partial charge in [-0.25, -0.2) is 0 Å². The van der Waals surface area contributed by atoms with Crippen LogP contribution in [0.1, 0.15) is 105 Å². The van der Waals surface area contributed by atoms with Gasteiger partial charge in [0, 0.05) is 0 Å². The van der Waals surface area contributed by atoms with E-state index in [9.17, 15) is 5.11 Å². The van der Waals surface area contributed by atoms with E-state index in [1.807, 2.05) is 0 Å². The summed E-state index contributed by atoms with van der Waals surface area (Å²) in [6, 6.07) is 0. The van der Waals surface area contributed by atoms with Crippen LogP contribution in [0.15, 0.2) is 12.2 Å². The van der Waals surface area contributed by atoms with E-state index in [2.05, 4.69) is 34.3 Å². The average Bonchev–Trinajstić information content (AvgIpc) is 2.92. The van der Waals surface area contributed by atoms with Gasteiger partial charge in [0.1, 0.15) is 0 Å². The molecule has 28 heavy (non-hydrogen) atoms. The molecule has 4 saturated carbocycles. The predicted octanol–water partition coefficient (Wildman–Crippen LogP) is 7.39. The molecule has 1 heteroatoms. The molecular formula is C27H46O. The molecule has 9 atom stereocenters. The Morgan fingerprint density at radius 2 is 1.86 bits per heavy atom. The quantitative estimate of drug-likeness (QED) is 0.488. The lowest BCUT2D eigenvalue weighted by atomic mass is 9.44. The molecule has 0 amide bonds. The number of hydrogen-bond acceptors (Lipinski definition) is 1. The van der Waals surface area contributed by atoms with Crippen LogP contribution in [-0.2, 0) is 0 Å². The standard InChI is InChI=1S/C27H46O/c1-18(2)9-8-10-19(3)23-17-24(28)25-21-13-12-20-11-6-7-15-26(20,4)22(21)14-16-27(23,25)5/h19-25,28H,1,6-17H2,2-5H3/t19?,20?,21-,22+,23-,24-,25-,26+,27-/m1/s1. The maximum absolute atomic E-state index is 11.3. The number of allylic oxidation sites excluding steroid dienone is 1. The molecule has 0 radical (unpaired) electrons. The Balaban J connectivity index is 1.52. The largest absolute Gasteiger partial charge is 0.393 e. The minimum atomic E-state index is -0.0462. The minimum Gasteiger partial charge on any atom is -0.393 e. The first-order valence-electron chi connectivity index (χ1n) is 12.6. The molecule has 4 aliphatic rings. The monoisotopic (exact) mass is 386 g/mol. The third-order valence-corrected chi connectivity index (χ3v) is 10.6. The zero-order chi connectivity index (χ0) is 20.1. The minimum absolute atomic E-state index is 0.0462. The fourth-order valence-electron chi connectivity index (χ4n) is 9.22. The van der Waals surface area contributed by atoms with E-state index in [1.54, 1.807) is 0 Å². The highest BCUT2D eigenvalue weighted by molar-refractivity contribution is 5.11. The lowest BCUT2D eigenvalue weighted by molar-refractivity contribution is -0.130. The van der Waals surface area contributed by atoms with Crippen molar-refractivity contribution in [2.45, 2.75) is 111 Å². The first kappa shape index (κ1) is 21.0. The molecule has 2 unspecified atom stereocenters. The van der Waals surface area contributed by atoms with Crippen molar-refractivity contribution in [3.8, 4) is 0 Å². The van der Waals surface area contributed by atoms with Crippen molar-refractivity contribution >= 4 is 0 Å². The van der Waals surface area contributed by atoms with Crippen molar-refractivity contribution in [2.24, 2.45) is 46.3 Å². The van der Waals surface area contributed by atoms with E-state index in [-0.39, 0.29) is 6.10 Å². The summed E-state index contributed by atoms with van der Waals surface area (Å²) in [6.45, 7) is 14.0. The maximum atomic E-state index is 11.3. The van der Waals surface area contributed by atoms with Gasteiger partial charge in [-0.2, -0.15) is 0 Å². The number of hydrogen-bond donors (Lipinski definition) is 1. The van der Waals surface area contributed by atoms with Crippen LogP contribution in [0.3, 0.4) is 0 Å². The summed E-state index contributed by atoms with van der Waals surface area (Å²) in [5, 5.41) is 11.3. The molecule has 0 aliphatic heterocycles. The lowest BCUT2D eigenvalue weighted by Gasteiger charge is -2.61. The molecular weight excluding hydrogens is 340 g/mol. The molecule has 0 bridgehead atoms. The summed E-state index contributed by atoms with van der Waals surface area (Å²) in [6.07, 6.45) is 16.3. The third-order valence-electron chi connectivity index (χ3n) is 10.6. The Kier molecular flexibility index (Phi) is 5.80. The van der Waals surface area contributed by atoms with Gasteiger partial charge in [0.05, 0.1) is 6.10 Å². The van der Waals surface area contributed by atoms with Crippen LogP contribution >= 0.6 is 0 Å². The van der Waals surface area contributed by atoms with Crippen LogP contribution in [-0.4, -0.2) is 11.2 Å². The van der Waals surface area contributed by atoms with E-state index in [1.165, 1.54) is 76.2 Å². The van der Waals surface area contributed by atoms with Crippen molar-refractivity contribution in [3.63, 3.8) is 0 Å². The maximum Gasteiger partial charge on any atom is 0.0579 e. The van der Waals surface area contributed by atoms with E-state index in [4.69, 9.17) is 0 Å². The van der Waals surface area contributed by atoms with Crippen LogP contribution in [0.2, 0.25) is 0 Å². The zero-order valence-electron chi connectivity index (χ0n) is 19.2. The number of fused-ring (bicyclic) bond motifs is 5. The summed E-state index contributed by atoms with van der Waals surface area (Å²) in [5.41, 5.74) is 2.27. The predicted molar refractivity (Wildman–Crippen MR) is 119 cm³/mol. The second kappa shape index (κ2) is 7.75. The molecule has 0 aromatic carbocycles. The van der Waals surface area contributed by atoms with Gasteiger partial charge in [0.25, 0.3) is 0 Å². The molecule has 0 spiro atoms. The Morgan fingerprint density at radius 3 is 2.61 bits per heavy atom. The molecule has 160 valence electrons. The number of aliphatic hydroxyl groups excluding tert-OH is 1. The molecule has 0 aromatic heterocycles. The summed E-state index contributed by atoms with van der Waals surface area (Å²) >= 11 is 0. The van der Waals surface area contributed by atoms with Gasteiger partial charge in [0.15, 0.2) is 0 Å². The fraction of sp³-hybridized carbons (Fsp3) is 0.926. The lowest BCUT2D eigenvalue weighted by Crippen LogP contribution is -2.54. The summed E-state index contributed by atoms with van der Waals surface area (Å²) in [5.74, 6) is 4.68. The van der Waals surface area contributed by atoms with Gasteiger partial charge in [-0.05, 0) is 111 Å². The van der Waals surface area contributed by atoms with Gasteiger partial charge in [-0.1, -0.05) is 45.6 Å². The fourth-order valence-corrected chi connectivity index (χ4v) is 9.22. The Hall–Kier alpha value is -0.300. The number of aliphatic hydroxyl groups is 1. The average molecular weight is 387 g/mol. The molecule has 1 N–H and O–H groups in total. The normalized spacial score (nSPS) is 49.0. The van der Waals surface area contributed by atoms with Gasteiger partial charge in [-0.15, -0.1) is 6.58 Å². The van der Waals surface area contributed by atoms with Gasteiger partial charge < -0.3 is 5.11 Å². The van der Waals surface area contributed by atoms with Crippen LogP contribution in [0.5, 0.6) is 0 Å². The molecule has 4 rings (SSSR count). The summed E-state index contributed by atoms with van der Waals surface area (Å²) in [4.78, 5) is 0. The van der Waals surface area contributed by atoms with E-state index < -0.39 is 0 Å². The van der Waals surface area contributed by atoms with E-state index >= 15 is 0 Å². The second-order valence-corrected chi connectivity index (χ2v) is 12.1. The summed E-state index contributed by atoms with van der Waals surface area (Å²) in [7, 11) is 0. The van der Waals surface area contributed by atoms with Crippen LogP contribution in [0, 0.1) is 46.3 Å². The van der Waals surface area contributed by atoms with Gasteiger partial charge >= 0.3 is 0 Å². The SMILES string of the molecule is C=C(C)CCCC(C)[C@H]1C[C@@H](O)[C@H]2[C@@H]3CCC4CCCC[C@]4(C)[C@H]3CC[C@@]21C. The van der Waals surface area contributed by atoms with E-state index in [0.29, 0.717) is 16.7 Å². The first-order valence-corrected chi connectivity index (χ1v) is 12.6. The molecule has 0 aromatic rings. The molecule has 0 heterocycles. The van der Waals surface area contributed by atoms with Crippen molar-refractivity contribution in [1.29, 1.82) is 0 Å². The zero-order valence-corrected chi connectivity index (χ0v) is 19.2. The highest BCUT2D eigenvalue weighted by Gasteiger charge is 2.62.